The van der Waals surface area contributed by atoms with Crippen molar-refractivity contribution in [3.63, 3.8) is 0 Å². The zero-order chi connectivity index (χ0) is 28.2. The third-order valence-electron chi connectivity index (χ3n) is 6.33. The van der Waals surface area contributed by atoms with E-state index < -0.39 is 0 Å². The van der Waals surface area contributed by atoms with E-state index in [2.05, 4.69) is 10.3 Å². The van der Waals surface area contributed by atoms with E-state index >= 15 is 0 Å². The number of nitrogens with one attached hydrogen (secondary N) is 1. The molecule has 3 aromatic heterocycles. The highest BCUT2D eigenvalue weighted by Gasteiger charge is 2.19. The summed E-state index contributed by atoms with van der Waals surface area (Å²) in [5, 5.41) is 7.31. The van der Waals surface area contributed by atoms with Crippen LogP contribution in [0, 0.1) is 0 Å². The Kier molecular flexibility index (Phi) is 8.29. The fourth-order valence-electron chi connectivity index (χ4n) is 4.37. The van der Waals surface area contributed by atoms with Gasteiger partial charge in [-0.3, -0.25) is 14.2 Å². The molecule has 1 amide bonds. The van der Waals surface area contributed by atoms with E-state index in [0.29, 0.717) is 31.3 Å². The number of thiophene rings is 1. The van der Waals surface area contributed by atoms with Crippen molar-refractivity contribution in [1.82, 2.24) is 14.5 Å². The van der Waals surface area contributed by atoms with E-state index in [4.69, 9.17) is 16.6 Å². The Balaban J connectivity index is 1.18. The summed E-state index contributed by atoms with van der Waals surface area (Å²) in [7, 11) is 0. The van der Waals surface area contributed by atoms with Crippen molar-refractivity contribution in [3.8, 4) is 16.8 Å². The first-order valence-electron chi connectivity index (χ1n) is 12.8. The molecule has 0 fully saturated rings. The summed E-state index contributed by atoms with van der Waals surface area (Å²) in [4.78, 5) is 37.6. The average Bonchev–Trinajstić information content (AvgIpc) is 3.62. The SMILES string of the molecule is O=C(CCSc1nc2scc(-c3ccccc3)c2c(=O)n1-c1ccccc1)Nc1ncc(Cc2ccc(Cl)cc2)s1. The van der Waals surface area contributed by atoms with Gasteiger partial charge in [-0.15, -0.1) is 22.7 Å². The Morgan fingerprint density at radius 1 is 0.976 bits per heavy atom. The lowest BCUT2D eigenvalue weighted by molar-refractivity contribution is -0.115. The fraction of sp³-hybridized carbons (Fsp3) is 0.0968. The molecule has 0 bridgehead atoms. The second-order valence-corrected chi connectivity index (χ2v) is 12.6. The smallest absolute Gasteiger partial charge is 0.268 e. The molecule has 0 saturated carbocycles. The van der Waals surface area contributed by atoms with E-state index in [9.17, 15) is 9.59 Å². The first-order chi connectivity index (χ1) is 20.0. The number of carbonyl (C=O) groups excluding carboxylic acids is 1. The molecule has 0 aliphatic carbocycles. The van der Waals surface area contributed by atoms with Gasteiger partial charge in [0.05, 0.1) is 11.1 Å². The number of para-hydroxylation sites is 1. The number of amides is 1. The third kappa shape index (κ3) is 6.28. The van der Waals surface area contributed by atoms with E-state index in [1.807, 2.05) is 90.3 Å². The standard InChI is InChI=1S/C31H23ClN4O2S3/c32-22-13-11-20(12-14-22)17-24-18-33-30(41-24)34-26(37)15-16-39-31-35-28-27(25(19-40-28)21-7-3-1-4-8-21)29(38)36(31)23-9-5-2-6-10-23/h1-14,18-19H,15-17H2,(H,33,34,37). The Hall–Kier alpha value is -3.76. The normalized spacial score (nSPS) is 11.1. The summed E-state index contributed by atoms with van der Waals surface area (Å²) in [6, 6.07) is 27.1. The van der Waals surface area contributed by atoms with E-state index in [1.165, 1.54) is 34.4 Å². The Labute approximate surface area is 253 Å². The van der Waals surface area contributed by atoms with Crippen molar-refractivity contribution in [2.24, 2.45) is 0 Å². The molecular weight excluding hydrogens is 592 g/mol. The van der Waals surface area contributed by atoms with Crippen LogP contribution in [0.5, 0.6) is 0 Å². The van der Waals surface area contributed by atoms with E-state index in [1.54, 1.807) is 10.8 Å². The summed E-state index contributed by atoms with van der Waals surface area (Å²) < 4.78 is 1.65. The predicted octanol–water partition coefficient (Wildman–Crippen LogP) is 7.94. The quantitative estimate of drug-likeness (QED) is 0.132. The van der Waals surface area contributed by atoms with Gasteiger partial charge in [0.15, 0.2) is 10.3 Å². The van der Waals surface area contributed by atoms with Gasteiger partial charge in [-0.1, -0.05) is 84.0 Å². The second-order valence-electron chi connectivity index (χ2n) is 9.15. The minimum atomic E-state index is -0.137. The second kappa shape index (κ2) is 12.4. The Morgan fingerprint density at radius 3 is 2.46 bits per heavy atom. The molecule has 204 valence electrons. The minimum absolute atomic E-state index is 0.121. The Morgan fingerprint density at radius 2 is 1.71 bits per heavy atom. The topological polar surface area (TPSA) is 76.9 Å². The Bertz CT molecular complexity index is 1870. The van der Waals surface area contributed by atoms with Gasteiger partial charge in [-0.05, 0) is 35.4 Å². The number of hydrogen-bond acceptors (Lipinski definition) is 7. The lowest BCUT2D eigenvalue weighted by Gasteiger charge is -2.12. The van der Waals surface area contributed by atoms with Gasteiger partial charge in [0.1, 0.15) is 4.83 Å². The number of fused-ring (bicyclic) bond motifs is 1. The molecule has 0 aliphatic rings. The largest absolute Gasteiger partial charge is 0.302 e. The highest BCUT2D eigenvalue weighted by molar-refractivity contribution is 7.99. The molecule has 0 aliphatic heterocycles. The van der Waals surface area contributed by atoms with Gasteiger partial charge in [-0.2, -0.15) is 0 Å². The number of thiazole rings is 1. The van der Waals surface area contributed by atoms with Gasteiger partial charge in [0.2, 0.25) is 5.91 Å². The molecule has 41 heavy (non-hydrogen) atoms. The minimum Gasteiger partial charge on any atom is -0.302 e. The zero-order valence-electron chi connectivity index (χ0n) is 21.6. The molecule has 3 aromatic carbocycles. The van der Waals surface area contributed by atoms with Crippen LogP contribution in [-0.4, -0.2) is 26.2 Å². The number of rotatable bonds is 9. The van der Waals surface area contributed by atoms with Crippen molar-refractivity contribution < 1.29 is 4.79 Å². The van der Waals surface area contributed by atoms with Crippen LogP contribution in [0.2, 0.25) is 5.02 Å². The molecule has 0 unspecified atom stereocenters. The van der Waals surface area contributed by atoms with Crippen LogP contribution < -0.4 is 10.9 Å². The molecule has 1 N–H and O–H groups in total. The number of thioether (sulfide) groups is 1. The first kappa shape index (κ1) is 27.4. The van der Waals surface area contributed by atoms with Crippen LogP contribution >= 0.6 is 46.0 Å². The zero-order valence-corrected chi connectivity index (χ0v) is 24.8. The first-order valence-corrected chi connectivity index (χ1v) is 15.9. The van der Waals surface area contributed by atoms with Crippen LogP contribution in [0.15, 0.2) is 106 Å². The van der Waals surface area contributed by atoms with Gasteiger partial charge < -0.3 is 5.32 Å². The number of benzene rings is 3. The molecule has 3 heterocycles. The molecule has 0 radical (unpaired) electrons. The van der Waals surface area contributed by atoms with Crippen LogP contribution in [0.4, 0.5) is 5.13 Å². The average molecular weight is 615 g/mol. The summed E-state index contributed by atoms with van der Waals surface area (Å²) in [6.07, 6.45) is 2.76. The molecule has 10 heteroatoms. The maximum absolute atomic E-state index is 13.9. The number of carbonyl (C=O) groups is 1. The van der Waals surface area contributed by atoms with Gasteiger partial charge in [-0.25, -0.2) is 9.97 Å². The van der Waals surface area contributed by atoms with Gasteiger partial charge in [0, 0.05) is 45.6 Å². The molecule has 6 aromatic rings. The number of hydrogen-bond donors (Lipinski definition) is 1. The van der Waals surface area contributed by atoms with Crippen molar-refractivity contribution in [2.75, 3.05) is 11.1 Å². The lowest BCUT2D eigenvalue weighted by Crippen LogP contribution is -2.22. The highest BCUT2D eigenvalue weighted by Crippen LogP contribution is 2.33. The molecular formula is C31H23ClN4O2S3. The lowest BCUT2D eigenvalue weighted by atomic mass is 10.1. The van der Waals surface area contributed by atoms with Crippen LogP contribution in [0.1, 0.15) is 16.9 Å². The monoisotopic (exact) mass is 614 g/mol. The third-order valence-corrected chi connectivity index (χ3v) is 9.31. The molecule has 0 atom stereocenters. The predicted molar refractivity (Wildman–Crippen MR) is 171 cm³/mol. The highest BCUT2D eigenvalue weighted by atomic mass is 35.5. The van der Waals surface area contributed by atoms with Crippen molar-refractivity contribution >= 4 is 67.3 Å². The van der Waals surface area contributed by atoms with Crippen LogP contribution in [0.3, 0.4) is 0 Å². The van der Waals surface area contributed by atoms with E-state index in [-0.39, 0.29) is 17.9 Å². The maximum Gasteiger partial charge on any atom is 0.268 e. The van der Waals surface area contributed by atoms with Crippen LogP contribution in [0.25, 0.3) is 27.0 Å². The summed E-state index contributed by atoms with van der Waals surface area (Å²) in [5.41, 5.74) is 3.60. The maximum atomic E-state index is 13.9. The number of nitrogens with zero attached hydrogens (tertiary/aromatic N) is 3. The van der Waals surface area contributed by atoms with Crippen molar-refractivity contribution in [2.45, 2.75) is 18.0 Å². The fourth-order valence-corrected chi connectivity index (χ4v) is 7.30. The number of anilines is 1. The number of halogens is 1. The summed E-state index contributed by atoms with van der Waals surface area (Å²) in [6.45, 7) is 0. The van der Waals surface area contributed by atoms with E-state index in [0.717, 1.165) is 33.7 Å². The van der Waals surface area contributed by atoms with Crippen molar-refractivity contribution in [3.05, 3.63) is 122 Å². The molecule has 6 rings (SSSR count). The van der Waals surface area contributed by atoms with Crippen LogP contribution in [-0.2, 0) is 11.2 Å². The molecule has 0 saturated heterocycles. The van der Waals surface area contributed by atoms with Gasteiger partial charge in [0.25, 0.3) is 5.56 Å². The number of aromatic nitrogens is 3. The molecule has 6 nitrogen and oxygen atoms in total. The molecule has 0 spiro atoms. The summed E-state index contributed by atoms with van der Waals surface area (Å²) >= 11 is 10.3. The van der Waals surface area contributed by atoms with Crippen molar-refractivity contribution in [1.29, 1.82) is 0 Å². The van der Waals surface area contributed by atoms with Gasteiger partial charge >= 0.3 is 0 Å². The summed E-state index contributed by atoms with van der Waals surface area (Å²) in [5.74, 6) is 0.318.